The van der Waals surface area contributed by atoms with Crippen LogP contribution in [0.3, 0.4) is 0 Å². The van der Waals surface area contributed by atoms with Crippen molar-refractivity contribution in [2.75, 3.05) is 24.3 Å². The molecule has 0 spiro atoms. The summed E-state index contributed by atoms with van der Waals surface area (Å²) in [5.74, 6) is 1.88. The molecule has 0 aliphatic carbocycles. The average Bonchev–Trinajstić information content (AvgIpc) is 2.81. The van der Waals surface area contributed by atoms with Gasteiger partial charge < -0.3 is 20.7 Å². The molecule has 3 rings (SSSR count). The molecule has 1 atom stereocenters. The summed E-state index contributed by atoms with van der Waals surface area (Å²) in [5.41, 5.74) is 3.45. The molecule has 3 aromatic rings. The van der Waals surface area contributed by atoms with E-state index in [9.17, 15) is 4.79 Å². The van der Waals surface area contributed by atoms with Crippen LogP contribution in [0.25, 0.3) is 11.4 Å². The summed E-state index contributed by atoms with van der Waals surface area (Å²) >= 11 is 0. The zero-order chi connectivity index (χ0) is 22.9. The second-order valence-corrected chi connectivity index (χ2v) is 7.40. The van der Waals surface area contributed by atoms with Gasteiger partial charge in [0.15, 0.2) is 5.82 Å². The van der Waals surface area contributed by atoms with E-state index in [1.54, 1.807) is 19.4 Å². The summed E-state index contributed by atoms with van der Waals surface area (Å²) in [5, 5.41) is 9.06. The smallest absolute Gasteiger partial charge is 0.319 e. The minimum atomic E-state index is -0.283. The van der Waals surface area contributed by atoms with E-state index in [4.69, 9.17) is 9.72 Å². The molecule has 0 aliphatic rings. The van der Waals surface area contributed by atoms with Crippen molar-refractivity contribution in [3.05, 3.63) is 60.0 Å². The topological polar surface area (TPSA) is 101 Å². The molecule has 0 fully saturated rings. The van der Waals surface area contributed by atoms with Crippen molar-refractivity contribution >= 4 is 17.5 Å². The lowest BCUT2D eigenvalue weighted by atomic mass is 10.0. The summed E-state index contributed by atoms with van der Waals surface area (Å²) in [6, 6.07) is 9.31. The summed E-state index contributed by atoms with van der Waals surface area (Å²) in [6.45, 7) is 6.54. The van der Waals surface area contributed by atoms with Gasteiger partial charge in [-0.25, -0.2) is 14.8 Å². The van der Waals surface area contributed by atoms with Crippen LogP contribution >= 0.6 is 0 Å². The van der Waals surface area contributed by atoms with Crippen molar-refractivity contribution in [1.29, 1.82) is 0 Å². The highest BCUT2D eigenvalue weighted by molar-refractivity contribution is 5.91. The number of amides is 2. The molecule has 2 aromatic heterocycles. The Morgan fingerprint density at radius 3 is 2.67 bits per heavy atom. The third kappa shape index (κ3) is 6.65. The number of nitrogens with zero attached hydrogens (tertiary/aromatic N) is 3. The maximum atomic E-state index is 11.9. The molecule has 33 heavy (non-hydrogen) atoms. The third-order valence-electron chi connectivity index (χ3n) is 4.99. The number of ether oxygens (including phenoxy) is 1. The molecule has 8 heteroatoms. The number of urea groups is 1. The molecule has 0 saturated heterocycles. The number of nitrogens with one attached hydrogen (secondary N) is 3. The fourth-order valence-corrected chi connectivity index (χ4v) is 3.35. The Morgan fingerprint density at radius 1 is 1.18 bits per heavy atom. The maximum Gasteiger partial charge on any atom is 0.319 e. The molecule has 0 aliphatic heterocycles. The average molecular weight is 451 g/mol. The van der Waals surface area contributed by atoms with E-state index < -0.39 is 0 Å². The van der Waals surface area contributed by atoms with Gasteiger partial charge in [0.25, 0.3) is 0 Å². The summed E-state index contributed by atoms with van der Waals surface area (Å²) in [7, 11) is 1.56. The predicted molar refractivity (Wildman–Crippen MR) is 134 cm³/mol. The van der Waals surface area contributed by atoms with Gasteiger partial charge in [0.2, 0.25) is 0 Å². The lowest BCUT2D eigenvalue weighted by Crippen LogP contribution is -2.28. The van der Waals surface area contributed by atoms with Gasteiger partial charge in [0, 0.05) is 36.3 Å². The number of hydrogen-bond acceptors (Lipinski definition) is 6. The third-order valence-corrected chi connectivity index (χ3v) is 4.99. The second-order valence-electron chi connectivity index (χ2n) is 7.40. The summed E-state index contributed by atoms with van der Waals surface area (Å²) < 4.78 is 5.47. The molecule has 2 heterocycles. The predicted octanol–water partition coefficient (Wildman–Crippen LogP) is 5.59. The van der Waals surface area contributed by atoms with Gasteiger partial charge >= 0.3 is 6.03 Å². The lowest BCUT2D eigenvalue weighted by molar-refractivity contribution is 0.252. The van der Waals surface area contributed by atoms with Crippen molar-refractivity contribution in [1.82, 2.24) is 20.3 Å². The zero-order valence-corrected chi connectivity index (χ0v) is 19.0. The minimum Gasteiger partial charge on any atom is -0.495 e. The molecule has 176 valence electrons. The van der Waals surface area contributed by atoms with Gasteiger partial charge in [0.1, 0.15) is 11.6 Å². The van der Waals surface area contributed by atoms with Crippen LogP contribution in [0.5, 0.6) is 5.75 Å². The molecule has 0 radical (unpaired) electrons. The number of carbonyl (C=O) groups is 1. The normalized spacial score (nSPS) is 11.2. The summed E-state index contributed by atoms with van der Waals surface area (Å²) in [6.07, 6.45) is 7.46. The number of anilines is 2. The number of hydrogen-bond donors (Lipinski definition) is 3. The van der Waals surface area contributed by atoms with E-state index in [-0.39, 0.29) is 19.5 Å². The molecular weight excluding hydrogens is 416 g/mol. The number of methoxy groups -OCH3 is 1. The number of aromatic nitrogens is 3. The quantitative estimate of drug-likeness (QED) is 0.393. The molecular formula is C25H34N6O2. The monoisotopic (exact) mass is 450 g/mol. The van der Waals surface area contributed by atoms with E-state index >= 15 is 0 Å². The van der Waals surface area contributed by atoms with Crippen LogP contribution < -0.4 is 20.7 Å². The Balaban J connectivity index is 0.00000385. The maximum absolute atomic E-state index is 11.9. The highest BCUT2D eigenvalue weighted by Gasteiger charge is 2.15. The Hall–Kier alpha value is -3.68. The van der Waals surface area contributed by atoms with E-state index in [2.05, 4.69) is 38.9 Å². The van der Waals surface area contributed by atoms with E-state index in [0.29, 0.717) is 23.8 Å². The van der Waals surface area contributed by atoms with Gasteiger partial charge in [-0.2, -0.15) is 0 Å². The second kappa shape index (κ2) is 12.4. The standard InChI is InChI=1S/C24H30N6O2.CH4/c1-5-8-19(18-9-7-12-25-15-18)28-22-16(3)14-27-23(30-22)17-10-11-20(21(13-17)32-4)29-24(31)26-6-2;/h7,9-15,19H,5-6,8H2,1-4H3,(H2,26,29,31)(H,27,28,30);1H4/t19-;/m0./s1. The number of pyridine rings is 1. The van der Waals surface area contributed by atoms with Crippen LogP contribution in [0.15, 0.2) is 48.9 Å². The first-order valence-electron chi connectivity index (χ1n) is 10.8. The van der Waals surface area contributed by atoms with Crippen molar-refractivity contribution in [3.8, 4) is 17.1 Å². The number of rotatable bonds is 9. The van der Waals surface area contributed by atoms with Crippen LogP contribution in [0, 0.1) is 6.92 Å². The Kier molecular flexibility index (Phi) is 9.60. The number of benzene rings is 1. The van der Waals surface area contributed by atoms with E-state index in [0.717, 1.165) is 35.3 Å². The molecule has 8 nitrogen and oxygen atoms in total. The van der Waals surface area contributed by atoms with Crippen LogP contribution in [0.4, 0.5) is 16.3 Å². The lowest BCUT2D eigenvalue weighted by Gasteiger charge is -2.20. The molecule has 0 bridgehead atoms. The SMILES string of the molecule is C.CCC[C@H](Nc1nc(-c2ccc(NC(=O)NCC)c(OC)c2)ncc1C)c1cccnc1. The minimum absolute atomic E-state index is 0. The molecule has 3 N–H and O–H groups in total. The molecule has 2 amide bonds. The number of carbonyl (C=O) groups excluding carboxylic acids is 1. The van der Waals surface area contributed by atoms with Crippen molar-refractivity contribution in [3.63, 3.8) is 0 Å². The Morgan fingerprint density at radius 2 is 2.00 bits per heavy atom. The van der Waals surface area contributed by atoms with Crippen LogP contribution in [0.2, 0.25) is 0 Å². The van der Waals surface area contributed by atoms with Gasteiger partial charge in [-0.3, -0.25) is 4.98 Å². The van der Waals surface area contributed by atoms with Gasteiger partial charge in [-0.05, 0) is 50.1 Å². The first-order valence-corrected chi connectivity index (χ1v) is 10.8. The fourth-order valence-electron chi connectivity index (χ4n) is 3.35. The van der Waals surface area contributed by atoms with Crippen LogP contribution in [-0.4, -0.2) is 34.6 Å². The van der Waals surface area contributed by atoms with Crippen molar-refractivity contribution in [2.45, 2.75) is 47.1 Å². The zero-order valence-electron chi connectivity index (χ0n) is 19.0. The number of aryl methyl sites for hydroxylation is 1. The highest BCUT2D eigenvalue weighted by atomic mass is 16.5. The Labute approximate surface area is 196 Å². The highest BCUT2D eigenvalue weighted by Crippen LogP contribution is 2.31. The van der Waals surface area contributed by atoms with Crippen molar-refractivity contribution in [2.24, 2.45) is 0 Å². The largest absolute Gasteiger partial charge is 0.495 e. The van der Waals surface area contributed by atoms with Gasteiger partial charge in [0.05, 0.1) is 18.8 Å². The van der Waals surface area contributed by atoms with Crippen LogP contribution in [-0.2, 0) is 0 Å². The van der Waals surface area contributed by atoms with E-state index in [1.807, 2.05) is 44.4 Å². The van der Waals surface area contributed by atoms with E-state index in [1.165, 1.54) is 0 Å². The molecule has 0 saturated carbocycles. The molecule has 0 unspecified atom stereocenters. The summed E-state index contributed by atoms with van der Waals surface area (Å²) in [4.78, 5) is 25.4. The fraction of sp³-hybridized carbons (Fsp3) is 0.360. The van der Waals surface area contributed by atoms with Crippen LogP contribution in [0.1, 0.15) is 51.3 Å². The molecule has 1 aromatic carbocycles. The van der Waals surface area contributed by atoms with Crippen molar-refractivity contribution < 1.29 is 9.53 Å². The first-order chi connectivity index (χ1) is 15.5. The Bertz CT molecular complexity index is 1040. The first kappa shape index (κ1) is 25.6. The van der Waals surface area contributed by atoms with Gasteiger partial charge in [-0.15, -0.1) is 0 Å². The van der Waals surface area contributed by atoms with Gasteiger partial charge in [-0.1, -0.05) is 26.8 Å².